The number of hydrogen-bond donors (Lipinski definition) is 1. The zero-order chi connectivity index (χ0) is 18.1. The van der Waals surface area contributed by atoms with Crippen LogP contribution in [-0.2, 0) is 11.2 Å². The summed E-state index contributed by atoms with van der Waals surface area (Å²) in [6.45, 7) is 4.06. The summed E-state index contributed by atoms with van der Waals surface area (Å²) in [6.07, 6.45) is 3.56. The van der Waals surface area contributed by atoms with Crippen LogP contribution in [0.2, 0.25) is 0 Å². The van der Waals surface area contributed by atoms with Crippen LogP contribution in [-0.4, -0.2) is 21.1 Å². The SMILES string of the molecule is Cc1ccc2c(CC(=O)Nc3nnc(-c4ccccn4)s3)coc2c1C. The van der Waals surface area contributed by atoms with Crippen molar-refractivity contribution in [2.45, 2.75) is 20.3 Å². The Morgan fingerprint density at radius 1 is 1.19 bits per heavy atom. The van der Waals surface area contributed by atoms with Crippen molar-refractivity contribution in [3.63, 3.8) is 0 Å². The number of aromatic nitrogens is 3. The molecule has 6 nitrogen and oxygen atoms in total. The maximum atomic E-state index is 12.4. The van der Waals surface area contributed by atoms with Crippen molar-refractivity contribution in [3.05, 3.63) is 59.5 Å². The Kier molecular flexibility index (Phi) is 4.22. The summed E-state index contributed by atoms with van der Waals surface area (Å²) in [5, 5.41) is 13.0. The lowest BCUT2D eigenvalue weighted by atomic mass is 10.0. The predicted octanol–water partition coefficient (Wildman–Crippen LogP) is 4.14. The van der Waals surface area contributed by atoms with Gasteiger partial charge < -0.3 is 9.73 Å². The Morgan fingerprint density at radius 3 is 2.88 bits per heavy atom. The van der Waals surface area contributed by atoms with Crippen molar-refractivity contribution < 1.29 is 9.21 Å². The Labute approximate surface area is 153 Å². The summed E-state index contributed by atoms with van der Waals surface area (Å²) >= 11 is 1.29. The number of anilines is 1. The van der Waals surface area contributed by atoms with E-state index < -0.39 is 0 Å². The molecule has 0 bridgehead atoms. The van der Waals surface area contributed by atoms with Crippen LogP contribution >= 0.6 is 11.3 Å². The third-order valence-corrected chi connectivity index (χ3v) is 5.11. The molecule has 0 saturated heterocycles. The van der Waals surface area contributed by atoms with Crippen molar-refractivity contribution >= 4 is 33.3 Å². The summed E-state index contributed by atoms with van der Waals surface area (Å²) in [5.74, 6) is -0.158. The van der Waals surface area contributed by atoms with Crippen molar-refractivity contribution in [1.29, 1.82) is 0 Å². The fourth-order valence-corrected chi connectivity index (χ4v) is 3.46. The number of pyridine rings is 1. The Balaban J connectivity index is 1.50. The van der Waals surface area contributed by atoms with Crippen molar-refractivity contribution in [2.24, 2.45) is 0 Å². The lowest BCUT2D eigenvalue weighted by molar-refractivity contribution is -0.115. The lowest BCUT2D eigenvalue weighted by Crippen LogP contribution is -2.14. The molecule has 26 heavy (non-hydrogen) atoms. The van der Waals surface area contributed by atoms with Gasteiger partial charge in [0.15, 0.2) is 5.01 Å². The van der Waals surface area contributed by atoms with Gasteiger partial charge in [-0.15, -0.1) is 10.2 Å². The van der Waals surface area contributed by atoms with Crippen molar-refractivity contribution in [1.82, 2.24) is 15.2 Å². The highest BCUT2D eigenvalue weighted by atomic mass is 32.1. The average molecular weight is 364 g/mol. The predicted molar refractivity (Wildman–Crippen MR) is 101 cm³/mol. The minimum Gasteiger partial charge on any atom is -0.464 e. The third kappa shape index (κ3) is 3.09. The molecule has 0 aliphatic carbocycles. The first kappa shape index (κ1) is 16.4. The van der Waals surface area contributed by atoms with Gasteiger partial charge in [0.1, 0.15) is 11.3 Å². The van der Waals surface area contributed by atoms with E-state index >= 15 is 0 Å². The Morgan fingerprint density at radius 2 is 2.08 bits per heavy atom. The number of aryl methyl sites for hydroxylation is 2. The molecule has 1 aromatic carbocycles. The van der Waals surface area contributed by atoms with Gasteiger partial charge in [0.05, 0.1) is 12.7 Å². The largest absolute Gasteiger partial charge is 0.464 e. The fraction of sp³-hybridized carbons (Fsp3) is 0.158. The zero-order valence-corrected chi connectivity index (χ0v) is 15.1. The van der Waals surface area contributed by atoms with E-state index in [0.717, 1.165) is 27.8 Å². The molecule has 3 heterocycles. The molecule has 0 saturated carbocycles. The van der Waals surface area contributed by atoms with Gasteiger partial charge in [0.2, 0.25) is 11.0 Å². The minimum absolute atomic E-state index is 0.158. The fourth-order valence-electron chi connectivity index (χ4n) is 2.73. The van der Waals surface area contributed by atoms with Gasteiger partial charge >= 0.3 is 0 Å². The van der Waals surface area contributed by atoms with Crippen LogP contribution in [0.5, 0.6) is 0 Å². The number of nitrogens with one attached hydrogen (secondary N) is 1. The van der Waals surface area contributed by atoms with E-state index in [2.05, 4.69) is 20.5 Å². The summed E-state index contributed by atoms with van der Waals surface area (Å²) in [5.41, 5.74) is 4.69. The molecule has 1 amide bonds. The van der Waals surface area contributed by atoms with E-state index in [0.29, 0.717) is 10.1 Å². The van der Waals surface area contributed by atoms with Gasteiger partial charge in [0.25, 0.3) is 0 Å². The highest BCUT2D eigenvalue weighted by Gasteiger charge is 2.15. The molecular weight excluding hydrogens is 348 g/mol. The molecule has 3 aromatic heterocycles. The maximum absolute atomic E-state index is 12.4. The highest BCUT2D eigenvalue weighted by Crippen LogP contribution is 2.28. The number of carbonyl (C=O) groups is 1. The number of carbonyl (C=O) groups excluding carboxylic acids is 1. The zero-order valence-electron chi connectivity index (χ0n) is 14.3. The van der Waals surface area contributed by atoms with Gasteiger partial charge in [-0.25, -0.2) is 0 Å². The molecule has 0 spiro atoms. The molecule has 4 rings (SSSR count). The molecule has 1 N–H and O–H groups in total. The van der Waals surface area contributed by atoms with Crippen molar-refractivity contribution in [2.75, 3.05) is 5.32 Å². The average Bonchev–Trinajstić information content (AvgIpc) is 3.27. The summed E-state index contributed by atoms with van der Waals surface area (Å²) < 4.78 is 5.66. The van der Waals surface area contributed by atoms with Crippen LogP contribution in [0.3, 0.4) is 0 Å². The van der Waals surface area contributed by atoms with Crippen LogP contribution < -0.4 is 5.32 Å². The first-order chi connectivity index (χ1) is 12.6. The number of nitrogens with zero attached hydrogens (tertiary/aromatic N) is 3. The van der Waals surface area contributed by atoms with E-state index in [4.69, 9.17) is 4.42 Å². The second kappa shape index (κ2) is 6.68. The Hall–Kier alpha value is -3.06. The van der Waals surface area contributed by atoms with Gasteiger partial charge in [-0.2, -0.15) is 0 Å². The van der Waals surface area contributed by atoms with E-state index in [9.17, 15) is 4.79 Å². The van der Waals surface area contributed by atoms with Gasteiger partial charge in [-0.3, -0.25) is 9.78 Å². The number of hydrogen-bond acceptors (Lipinski definition) is 6. The van der Waals surface area contributed by atoms with E-state index in [1.165, 1.54) is 16.9 Å². The minimum atomic E-state index is -0.158. The molecule has 130 valence electrons. The smallest absolute Gasteiger partial charge is 0.230 e. The standard InChI is InChI=1S/C19H16N4O2S/c1-11-6-7-14-13(10-25-17(14)12(11)2)9-16(24)21-19-23-22-18(26-19)15-5-3-4-8-20-15/h3-8,10H,9H2,1-2H3,(H,21,23,24). The van der Waals surface area contributed by atoms with Crippen molar-refractivity contribution in [3.8, 4) is 10.7 Å². The van der Waals surface area contributed by atoms with Gasteiger partial charge in [-0.05, 0) is 37.1 Å². The van der Waals surface area contributed by atoms with Crippen LogP contribution in [0.1, 0.15) is 16.7 Å². The molecule has 0 aliphatic heterocycles. The highest BCUT2D eigenvalue weighted by molar-refractivity contribution is 7.18. The molecule has 0 radical (unpaired) electrons. The van der Waals surface area contributed by atoms with Crippen LogP contribution in [0.4, 0.5) is 5.13 Å². The van der Waals surface area contributed by atoms with Crippen LogP contribution in [0.25, 0.3) is 21.7 Å². The maximum Gasteiger partial charge on any atom is 0.230 e. The summed E-state index contributed by atoms with van der Waals surface area (Å²) in [7, 11) is 0. The molecule has 0 aliphatic rings. The molecule has 0 atom stereocenters. The Bertz CT molecular complexity index is 1090. The molecule has 4 aromatic rings. The number of fused-ring (bicyclic) bond motifs is 1. The van der Waals surface area contributed by atoms with Crippen LogP contribution in [0, 0.1) is 13.8 Å². The van der Waals surface area contributed by atoms with E-state index in [-0.39, 0.29) is 12.3 Å². The topological polar surface area (TPSA) is 80.9 Å². The van der Waals surface area contributed by atoms with Gasteiger partial charge in [0, 0.05) is 17.1 Å². The second-order valence-electron chi connectivity index (χ2n) is 6.00. The van der Waals surface area contributed by atoms with Gasteiger partial charge in [-0.1, -0.05) is 29.5 Å². The normalized spacial score (nSPS) is 11.0. The molecular formula is C19H16N4O2S. The number of benzene rings is 1. The first-order valence-corrected chi connectivity index (χ1v) is 8.94. The number of amides is 1. The first-order valence-electron chi connectivity index (χ1n) is 8.13. The number of furan rings is 1. The summed E-state index contributed by atoms with van der Waals surface area (Å²) in [4.78, 5) is 16.6. The van der Waals surface area contributed by atoms with E-state index in [1.54, 1.807) is 12.5 Å². The lowest BCUT2D eigenvalue weighted by Gasteiger charge is -2.02. The monoisotopic (exact) mass is 364 g/mol. The molecule has 0 unspecified atom stereocenters. The molecule has 7 heteroatoms. The molecule has 0 fully saturated rings. The second-order valence-corrected chi connectivity index (χ2v) is 6.97. The number of rotatable bonds is 4. The summed E-state index contributed by atoms with van der Waals surface area (Å²) in [6, 6.07) is 9.61. The third-order valence-electron chi connectivity index (χ3n) is 4.25. The van der Waals surface area contributed by atoms with Crippen LogP contribution in [0.15, 0.2) is 47.2 Å². The quantitative estimate of drug-likeness (QED) is 0.588. The van der Waals surface area contributed by atoms with E-state index in [1.807, 2.05) is 44.2 Å².